The Hall–Kier alpha value is -1.26. The van der Waals surface area contributed by atoms with Gasteiger partial charge in [-0.25, -0.2) is 0 Å². The summed E-state index contributed by atoms with van der Waals surface area (Å²) >= 11 is 0. The topological polar surface area (TPSA) is 74.6 Å². The highest BCUT2D eigenvalue weighted by Gasteiger charge is 2.32. The molecule has 0 heterocycles. The highest BCUT2D eigenvalue weighted by Crippen LogP contribution is 2.33. The molecule has 0 aromatic rings. The van der Waals surface area contributed by atoms with Gasteiger partial charge in [0.15, 0.2) is 6.29 Å². The summed E-state index contributed by atoms with van der Waals surface area (Å²) in [6.45, 7) is 3.82. The van der Waals surface area contributed by atoms with Crippen molar-refractivity contribution in [3.63, 3.8) is 0 Å². The van der Waals surface area contributed by atoms with E-state index >= 15 is 0 Å². The van der Waals surface area contributed by atoms with Gasteiger partial charge in [0.2, 0.25) is 5.79 Å². The Morgan fingerprint density at radius 2 is 1.96 bits per heavy atom. The summed E-state index contributed by atoms with van der Waals surface area (Å²) in [5.74, 6) is -2.16. The molecule has 0 amide bonds. The molecule has 1 fully saturated rings. The molecule has 0 radical (unpaired) electrons. The van der Waals surface area contributed by atoms with Gasteiger partial charge in [-0.2, -0.15) is 0 Å². The number of carbonyl (C=O) groups excluding carboxylic acids is 2. The van der Waals surface area contributed by atoms with Crippen molar-refractivity contribution < 1.29 is 19.8 Å². The molecule has 142 valence electrons. The van der Waals surface area contributed by atoms with Gasteiger partial charge in [0, 0.05) is 18.3 Å². The molecule has 1 rings (SSSR count). The van der Waals surface area contributed by atoms with Crippen molar-refractivity contribution >= 4 is 12.1 Å². The summed E-state index contributed by atoms with van der Waals surface area (Å²) in [5.41, 5.74) is 0. The maximum atomic E-state index is 12.1. The Morgan fingerprint density at radius 3 is 2.64 bits per heavy atom. The molecule has 0 aromatic carbocycles. The lowest BCUT2D eigenvalue weighted by molar-refractivity contribution is -0.187. The van der Waals surface area contributed by atoms with E-state index in [1.807, 2.05) is 12.2 Å². The number of Topliss-reactive ketones (excluding diaryl/α,β-unsaturated/α-hetero) is 1. The summed E-state index contributed by atoms with van der Waals surface area (Å²) < 4.78 is 0. The van der Waals surface area contributed by atoms with Crippen LogP contribution in [0.25, 0.3) is 0 Å². The standard InChI is InChI=1S/C21H34O4/c1-3-4-5-6-7-8-12-18-14-15-20(23)19(18)13-10-9-11-17(2)21(24,25)16-22/h8-10,12,16-19,24-25H,3-7,11,13-15H2,1-2H3/b10-9-,12-8+/t17?,18-,19+/m0/s1. The maximum absolute atomic E-state index is 12.1. The van der Waals surface area contributed by atoms with E-state index < -0.39 is 11.7 Å². The van der Waals surface area contributed by atoms with E-state index in [0.717, 1.165) is 12.8 Å². The number of aldehydes is 1. The number of hydrogen-bond acceptors (Lipinski definition) is 4. The van der Waals surface area contributed by atoms with Crippen molar-refractivity contribution in [2.45, 2.75) is 77.4 Å². The normalized spacial score (nSPS) is 23.0. The predicted molar refractivity (Wildman–Crippen MR) is 99.9 cm³/mol. The molecule has 4 heteroatoms. The summed E-state index contributed by atoms with van der Waals surface area (Å²) in [5, 5.41) is 18.9. The zero-order chi connectivity index (χ0) is 18.7. The summed E-state index contributed by atoms with van der Waals surface area (Å²) in [6.07, 6.45) is 17.2. The third-order valence-electron chi connectivity index (χ3n) is 5.21. The van der Waals surface area contributed by atoms with Crippen LogP contribution in [-0.2, 0) is 9.59 Å². The first-order chi connectivity index (χ1) is 11.9. The fourth-order valence-electron chi connectivity index (χ4n) is 3.26. The molecular weight excluding hydrogens is 316 g/mol. The van der Waals surface area contributed by atoms with Crippen molar-refractivity contribution in [1.29, 1.82) is 0 Å². The number of unbranched alkanes of at least 4 members (excludes halogenated alkanes) is 4. The van der Waals surface area contributed by atoms with Crippen molar-refractivity contribution in [2.75, 3.05) is 0 Å². The highest BCUT2D eigenvalue weighted by molar-refractivity contribution is 5.83. The van der Waals surface area contributed by atoms with Gasteiger partial charge >= 0.3 is 0 Å². The molecular formula is C21H34O4. The average Bonchev–Trinajstić information content (AvgIpc) is 2.94. The Kier molecular flexibility index (Phi) is 9.91. The fourth-order valence-corrected chi connectivity index (χ4v) is 3.26. The maximum Gasteiger partial charge on any atom is 0.223 e. The zero-order valence-corrected chi connectivity index (χ0v) is 15.7. The number of ketones is 1. The zero-order valence-electron chi connectivity index (χ0n) is 15.7. The molecule has 0 aromatic heterocycles. The van der Waals surface area contributed by atoms with Gasteiger partial charge < -0.3 is 10.2 Å². The minimum Gasteiger partial charge on any atom is -0.360 e. The first kappa shape index (κ1) is 21.8. The van der Waals surface area contributed by atoms with Gasteiger partial charge in [0.1, 0.15) is 5.78 Å². The predicted octanol–water partition coefficient (Wildman–Crippen LogP) is 3.96. The summed E-state index contributed by atoms with van der Waals surface area (Å²) in [7, 11) is 0. The molecule has 0 saturated heterocycles. The molecule has 1 aliphatic rings. The molecule has 1 aliphatic carbocycles. The van der Waals surface area contributed by atoms with E-state index in [1.165, 1.54) is 25.7 Å². The van der Waals surface area contributed by atoms with Crippen LogP contribution >= 0.6 is 0 Å². The molecule has 3 atom stereocenters. The third-order valence-corrected chi connectivity index (χ3v) is 5.21. The Balaban J connectivity index is 2.41. The lowest BCUT2D eigenvalue weighted by Gasteiger charge is -2.21. The third kappa shape index (κ3) is 7.66. The van der Waals surface area contributed by atoms with Crippen LogP contribution in [0.2, 0.25) is 0 Å². The Morgan fingerprint density at radius 1 is 1.20 bits per heavy atom. The molecule has 1 unspecified atom stereocenters. The lowest BCUT2D eigenvalue weighted by atomic mass is 9.90. The van der Waals surface area contributed by atoms with Crippen LogP contribution in [-0.4, -0.2) is 28.1 Å². The Labute approximate surface area is 152 Å². The molecule has 25 heavy (non-hydrogen) atoms. The molecule has 4 nitrogen and oxygen atoms in total. The van der Waals surface area contributed by atoms with Crippen molar-refractivity contribution in [3.05, 3.63) is 24.3 Å². The molecule has 2 N–H and O–H groups in total. The Bertz CT molecular complexity index is 465. The van der Waals surface area contributed by atoms with E-state index in [1.54, 1.807) is 6.92 Å². The monoisotopic (exact) mass is 350 g/mol. The number of hydrogen-bond donors (Lipinski definition) is 2. The summed E-state index contributed by atoms with van der Waals surface area (Å²) in [4.78, 5) is 22.7. The van der Waals surface area contributed by atoms with Gasteiger partial charge in [-0.15, -0.1) is 0 Å². The van der Waals surface area contributed by atoms with Crippen LogP contribution in [0.3, 0.4) is 0 Å². The number of allylic oxidation sites excluding steroid dienone is 4. The summed E-state index contributed by atoms with van der Waals surface area (Å²) in [6, 6.07) is 0. The molecule has 0 aliphatic heterocycles. The van der Waals surface area contributed by atoms with Crippen LogP contribution in [0.1, 0.15) is 71.6 Å². The first-order valence-electron chi connectivity index (χ1n) is 9.67. The van der Waals surface area contributed by atoms with Gasteiger partial charge in [0.25, 0.3) is 0 Å². The number of carbonyl (C=O) groups is 2. The van der Waals surface area contributed by atoms with E-state index in [4.69, 9.17) is 0 Å². The van der Waals surface area contributed by atoms with E-state index in [0.29, 0.717) is 31.0 Å². The minimum absolute atomic E-state index is 0.0394. The largest absolute Gasteiger partial charge is 0.360 e. The van der Waals surface area contributed by atoms with Crippen LogP contribution < -0.4 is 0 Å². The number of rotatable bonds is 12. The second-order valence-corrected chi connectivity index (χ2v) is 7.30. The SMILES string of the molecule is CCCCCC/C=C/[C@H]1CCC(=O)[C@@H]1C/C=C\CC(C)C(O)(O)C=O. The number of aliphatic hydroxyl groups is 2. The molecule has 0 bridgehead atoms. The lowest BCUT2D eigenvalue weighted by Crippen LogP contribution is -2.37. The van der Waals surface area contributed by atoms with E-state index in [-0.39, 0.29) is 12.2 Å². The average molecular weight is 350 g/mol. The van der Waals surface area contributed by atoms with Gasteiger partial charge in [-0.05, 0) is 38.0 Å². The smallest absolute Gasteiger partial charge is 0.223 e. The molecule has 0 spiro atoms. The van der Waals surface area contributed by atoms with E-state index in [2.05, 4.69) is 19.1 Å². The van der Waals surface area contributed by atoms with Crippen LogP contribution in [0.15, 0.2) is 24.3 Å². The second-order valence-electron chi connectivity index (χ2n) is 7.30. The quantitative estimate of drug-likeness (QED) is 0.242. The van der Waals surface area contributed by atoms with Crippen molar-refractivity contribution in [3.8, 4) is 0 Å². The van der Waals surface area contributed by atoms with Gasteiger partial charge in [-0.1, -0.05) is 57.4 Å². The van der Waals surface area contributed by atoms with Crippen LogP contribution in [0.5, 0.6) is 0 Å². The minimum atomic E-state index is -2.28. The van der Waals surface area contributed by atoms with Gasteiger partial charge in [-0.3, -0.25) is 9.59 Å². The van der Waals surface area contributed by atoms with E-state index in [9.17, 15) is 19.8 Å². The highest BCUT2D eigenvalue weighted by atomic mass is 16.5. The van der Waals surface area contributed by atoms with Crippen molar-refractivity contribution in [1.82, 2.24) is 0 Å². The first-order valence-corrected chi connectivity index (χ1v) is 9.67. The van der Waals surface area contributed by atoms with Crippen LogP contribution in [0.4, 0.5) is 0 Å². The molecule has 1 saturated carbocycles. The van der Waals surface area contributed by atoms with Gasteiger partial charge in [0.05, 0.1) is 0 Å². The van der Waals surface area contributed by atoms with Crippen LogP contribution in [0, 0.1) is 17.8 Å². The second kappa shape index (κ2) is 11.4. The fraction of sp³-hybridized carbons (Fsp3) is 0.714. The van der Waals surface area contributed by atoms with Crippen molar-refractivity contribution in [2.24, 2.45) is 17.8 Å².